The Labute approximate surface area is 219 Å². The minimum atomic E-state index is -3.67. The minimum Gasteiger partial charge on any atom is -0.300 e. The summed E-state index contributed by atoms with van der Waals surface area (Å²) in [5, 5.41) is 2.49. The van der Waals surface area contributed by atoms with E-state index in [1.165, 1.54) is 22.5 Å². The fraction of sp³-hybridized carbons (Fsp3) is 0.357. The van der Waals surface area contributed by atoms with Gasteiger partial charge in [-0.1, -0.05) is 61.5 Å². The highest BCUT2D eigenvalue weighted by Gasteiger charge is 2.39. The summed E-state index contributed by atoms with van der Waals surface area (Å²) >= 11 is 0. The van der Waals surface area contributed by atoms with Crippen molar-refractivity contribution in [3.63, 3.8) is 0 Å². The predicted octanol–water partition coefficient (Wildman–Crippen LogP) is 4.76. The standard InChI is InChI=1S/C28H33FN2O4S2/c1-3-36(32,33)26-14-12-23(13-15-26)24-10-11-25(27(29)19-24)20-31-21(2)9-16-28(37(31,34)35)30-18-17-22-7-5-4-6-8-22/h4-8,10-15,19,21,28,30H,3,9,16-18,20H2,1-2H3. The molecule has 1 fully saturated rings. The van der Waals surface area contributed by atoms with Gasteiger partial charge < -0.3 is 0 Å². The molecule has 0 spiro atoms. The number of nitrogens with one attached hydrogen (secondary N) is 1. The molecule has 3 aromatic carbocycles. The van der Waals surface area contributed by atoms with Gasteiger partial charge in [0.2, 0.25) is 10.0 Å². The Bertz CT molecular complexity index is 1430. The second-order valence-electron chi connectivity index (χ2n) is 9.43. The third-order valence-electron chi connectivity index (χ3n) is 6.96. The summed E-state index contributed by atoms with van der Waals surface area (Å²) in [6.45, 7) is 3.94. The monoisotopic (exact) mass is 544 g/mol. The molecule has 3 aromatic rings. The number of rotatable bonds is 9. The van der Waals surface area contributed by atoms with Gasteiger partial charge in [-0.25, -0.2) is 21.2 Å². The van der Waals surface area contributed by atoms with Crippen molar-refractivity contribution >= 4 is 19.9 Å². The van der Waals surface area contributed by atoms with E-state index in [1.807, 2.05) is 37.3 Å². The summed E-state index contributed by atoms with van der Waals surface area (Å²) in [5.74, 6) is -0.485. The molecule has 0 amide bonds. The summed E-state index contributed by atoms with van der Waals surface area (Å²) in [6.07, 6.45) is 1.93. The van der Waals surface area contributed by atoms with Gasteiger partial charge in [-0.3, -0.25) is 5.32 Å². The lowest BCUT2D eigenvalue weighted by molar-refractivity contribution is 0.270. The number of nitrogens with zero attached hydrogens (tertiary/aromatic N) is 1. The number of benzene rings is 3. The Morgan fingerprint density at radius 2 is 1.65 bits per heavy atom. The fourth-order valence-electron chi connectivity index (χ4n) is 4.62. The van der Waals surface area contributed by atoms with Crippen LogP contribution < -0.4 is 5.32 Å². The van der Waals surface area contributed by atoms with Gasteiger partial charge in [0.05, 0.1) is 10.6 Å². The van der Waals surface area contributed by atoms with Crippen molar-refractivity contribution in [2.75, 3.05) is 12.3 Å². The number of hydrogen-bond acceptors (Lipinski definition) is 5. The highest BCUT2D eigenvalue weighted by molar-refractivity contribution is 7.91. The molecule has 0 aromatic heterocycles. The normalized spacial score (nSPS) is 20.1. The molecule has 1 aliphatic rings. The van der Waals surface area contributed by atoms with Gasteiger partial charge in [-0.15, -0.1) is 0 Å². The summed E-state index contributed by atoms with van der Waals surface area (Å²) in [7, 11) is -6.98. The van der Waals surface area contributed by atoms with E-state index >= 15 is 4.39 Å². The molecule has 1 heterocycles. The zero-order valence-corrected chi connectivity index (χ0v) is 22.7. The smallest absolute Gasteiger partial charge is 0.230 e. The lowest BCUT2D eigenvalue weighted by atomic mass is 10.0. The molecule has 0 aliphatic carbocycles. The third kappa shape index (κ3) is 6.29. The van der Waals surface area contributed by atoms with Crippen molar-refractivity contribution in [3.8, 4) is 11.1 Å². The molecule has 1 N–H and O–H groups in total. The number of hydrogen-bond donors (Lipinski definition) is 1. The largest absolute Gasteiger partial charge is 0.300 e. The van der Waals surface area contributed by atoms with Crippen molar-refractivity contribution in [1.29, 1.82) is 0 Å². The zero-order valence-electron chi connectivity index (χ0n) is 21.1. The van der Waals surface area contributed by atoms with Crippen LogP contribution in [0, 0.1) is 5.82 Å². The lowest BCUT2D eigenvalue weighted by Crippen LogP contribution is -2.53. The topological polar surface area (TPSA) is 83.6 Å². The molecule has 2 atom stereocenters. The van der Waals surface area contributed by atoms with Crippen LogP contribution >= 0.6 is 0 Å². The van der Waals surface area contributed by atoms with Crippen molar-refractivity contribution in [3.05, 3.63) is 89.7 Å². The Morgan fingerprint density at radius 1 is 0.973 bits per heavy atom. The van der Waals surface area contributed by atoms with Crippen LogP contribution in [0.5, 0.6) is 0 Å². The van der Waals surface area contributed by atoms with Gasteiger partial charge in [-0.2, -0.15) is 4.31 Å². The Balaban J connectivity index is 1.46. The van der Waals surface area contributed by atoms with Gasteiger partial charge in [0.15, 0.2) is 9.84 Å². The molecule has 0 saturated carbocycles. The van der Waals surface area contributed by atoms with Crippen LogP contribution in [0.15, 0.2) is 77.7 Å². The summed E-state index contributed by atoms with van der Waals surface area (Å²) in [5.41, 5.74) is 2.71. The van der Waals surface area contributed by atoms with Crippen LogP contribution in [0.2, 0.25) is 0 Å². The van der Waals surface area contributed by atoms with E-state index in [9.17, 15) is 16.8 Å². The molecule has 1 saturated heterocycles. The first-order valence-electron chi connectivity index (χ1n) is 12.5. The maximum absolute atomic E-state index is 15.1. The van der Waals surface area contributed by atoms with E-state index in [0.717, 1.165) is 12.0 Å². The molecule has 0 radical (unpaired) electrons. The minimum absolute atomic E-state index is 0.0108. The van der Waals surface area contributed by atoms with Crippen LogP contribution in [0.3, 0.4) is 0 Å². The molecule has 0 bridgehead atoms. The Hall–Kier alpha value is -2.59. The predicted molar refractivity (Wildman–Crippen MR) is 145 cm³/mol. The average molecular weight is 545 g/mol. The van der Waals surface area contributed by atoms with Gasteiger partial charge in [-0.05, 0) is 61.1 Å². The Morgan fingerprint density at radius 3 is 2.30 bits per heavy atom. The molecular weight excluding hydrogens is 511 g/mol. The molecular formula is C28H33FN2O4S2. The first-order valence-corrected chi connectivity index (χ1v) is 15.7. The fourth-order valence-corrected chi connectivity index (χ4v) is 7.52. The SMILES string of the molecule is CCS(=O)(=O)c1ccc(-c2ccc(CN3C(C)CCC(NCCc4ccccc4)S3(=O)=O)c(F)c2)cc1. The van der Waals surface area contributed by atoms with Crippen LogP contribution in [0.4, 0.5) is 4.39 Å². The van der Waals surface area contributed by atoms with E-state index in [0.29, 0.717) is 36.1 Å². The summed E-state index contributed by atoms with van der Waals surface area (Å²) < 4.78 is 67.4. The van der Waals surface area contributed by atoms with Crippen LogP contribution in [0.25, 0.3) is 11.1 Å². The number of halogens is 1. The molecule has 9 heteroatoms. The lowest BCUT2D eigenvalue weighted by Gasteiger charge is -2.37. The van der Waals surface area contributed by atoms with E-state index < -0.39 is 31.1 Å². The van der Waals surface area contributed by atoms with Gasteiger partial charge in [0, 0.05) is 24.7 Å². The first kappa shape index (κ1) is 27.4. The van der Waals surface area contributed by atoms with Gasteiger partial charge >= 0.3 is 0 Å². The highest BCUT2D eigenvalue weighted by Crippen LogP contribution is 2.29. The molecule has 2 unspecified atom stereocenters. The molecule has 1 aliphatic heterocycles. The first-order chi connectivity index (χ1) is 17.6. The molecule has 37 heavy (non-hydrogen) atoms. The van der Waals surface area contributed by atoms with Crippen LogP contribution in [-0.4, -0.2) is 44.9 Å². The quantitative estimate of drug-likeness (QED) is 0.420. The maximum atomic E-state index is 15.1. The summed E-state index contributed by atoms with van der Waals surface area (Å²) in [4.78, 5) is 0.229. The number of sulfonamides is 1. The van der Waals surface area contributed by atoms with Gasteiger partial charge in [0.1, 0.15) is 11.2 Å². The number of sulfone groups is 1. The second-order valence-corrected chi connectivity index (χ2v) is 13.8. The molecule has 6 nitrogen and oxygen atoms in total. The zero-order chi connectivity index (χ0) is 26.6. The van der Waals surface area contributed by atoms with Crippen LogP contribution in [-0.2, 0) is 32.8 Å². The van der Waals surface area contributed by atoms with Gasteiger partial charge in [0.25, 0.3) is 0 Å². The third-order valence-corrected chi connectivity index (χ3v) is 11.0. The van der Waals surface area contributed by atoms with E-state index in [1.54, 1.807) is 31.2 Å². The van der Waals surface area contributed by atoms with Crippen LogP contribution in [0.1, 0.15) is 37.8 Å². The molecule has 198 valence electrons. The molecule has 4 rings (SSSR count). The van der Waals surface area contributed by atoms with Crippen molar-refractivity contribution < 1.29 is 21.2 Å². The van der Waals surface area contributed by atoms with Crippen molar-refractivity contribution in [2.45, 2.75) is 56.0 Å². The highest BCUT2D eigenvalue weighted by atomic mass is 32.2. The van der Waals surface area contributed by atoms with E-state index in [2.05, 4.69) is 5.32 Å². The Kier molecular flexibility index (Phi) is 8.48. The van der Waals surface area contributed by atoms with E-state index in [4.69, 9.17) is 0 Å². The van der Waals surface area contributed by atoms with Crippen molar-refractivity contribution in [2.24, 2.45) is 0 Å². The summed E-state index contributed by atoms with van der Waals surface area (Å²) in [6, 6.07) is 20.7. The average Bonchev–Trinajstić information content (AvgIpc) is 2.89. The van der Waals surface area contributed by atoms with Crippen molar-refractivity contribution in [1.82, 2.24) is 9.62 Å². The maximum Gasteiger partial charge on any atom is 0.230 e. The van der Waals surface area contributed by atoms with E-state index in [-0.39, 0.29) is 23.2 Å². The second kappa shape index (κ2) is 11.4.